The van der Waals surface area contributed by atoms with Gasteiger partial charge in [-0.25, -0.2) is 13.1 Å². The van der Waals surface area contributed by atoms with Crippen LogP contribution in [0.1, 0.15) is 39.5 Å². The molecule has 17 heavy (non-hydrogen) atoms. The Morgan fingerprint density at radius 3 is 2.53 bits per heavy atom. The van der Waals surface area contributed by atoms with Crippen LogP contribution in [-0.2, 0) is 19.6 Å². The lowest BCUT2D eigenvalue weighted by Gasteiger charge is -2.33. The van der Waals surface area contributed by atoms with E-state index in [2.05, 4.69) is 9.46 Å². The minimum atomic E-state index is -3.28. The van der Waals surface area contributed by atoms with Gasteiger partial charge in [0, 0.05) is 6.04 Å². The number of esters is 1. The molecule has 0 saturated heterocycles. The molecule has 6 heteroatoms. The number of carbonyl (C=O) groups is 1. The third-order valence-electron chi connectivity index (χ3n) is 3.16. The molecule has 1 N–H and O–H groups in total. The number of nitrogens with one attached hydrogen (secondary N) is 1. The van der Waals surface area contributed by atoms with E-state index in [0.717, 1.165) is 12.8 Å². The number of rotatable bonds is 6. The third-order valence-corrected chi connectivity index (χ3v) is 5.15. The Balaban J connectivity index is 2.44. The fraction of sp³-hybridized carbons (Fsp3) is 0.909. The molecule has 0 aromatic heterocycles. The molecular formula is C11H21NO4S. The summed E-state index contributed by atoms with van der Waals surface area (Å²) >= 11 is 0. The molecule has 0 aromatic carbocycles. The Morgan fingerprint density at radius 1 is 1.47 bits per heavy atom. The molecular weight excluding hydrogens is 242 g/mol. The smallest absolute Gasteiger partial charge is 0.308 e. The van der Waals surface area contributed by atoms with Crippen LogP contribution in [0, 0.1) is 5.92 Å². The second-order valence-corrected chi connectivity index (χ2v) is 6.66. The van der Waals surface area contributed by atoms with Gasteiger partial charge in [0.2, 0.25) is 10.0 Å². The average molecular weight is 263 g/mol. The SMILES string of the molecule is CCCC(C)NS(=O)(=O)C1CC(C(=O)OC)C1. The number of carbonyl (C=O) groups excluding carboxylic acids is 1. The van der Waals surface area contributed by atoms with Gasteiger partial charge in [0.1, 0.15) is 0 Å². The van der Waals surface area contributed by atoms with Gasteiger partial charge in [-0.3, -0.25) is 4.79 Å². The van der Waals surface area contributed by atoms with E-state index in [-0.39, 0.29) is 17.9 Å². The zero-order chi connectivity index (χ0) is 13.1. The number of methoxy groups -OCH3 is 1. The summed E-state index contributed by atoms with van der Waals surface area (Å²) in [6, 6.07) is -0.0397. The zero-order valence-corrected chi connectivity index (χ0v) is 11.4. The standard InChI is InChI=1S/C11H21NO4S/c1-4-5-8(2)12-17(14,15)10-6-9(7-10)11(13)16-3/h8-10,12H,4-7H2,1-3H3. The average Bonchev–Trinajstić information content (AvgIpc) is 2.13. The zero-order valence-electron chi connectivity index (χ0n) is 10.6. The van der Waals surface area contributed by atoms with Crippen LogP contribution >= 0.6 is 0 Å². The van der Waals surface area contributed by atoms with Crippen LogP contribution in [-0.4, -0.2) is 32.8 Å². The minimum Gasteiger partial charge on any atom is -0.469 e. The van der Waals surface area contributed by atoms with Crippen molar-refractivity contribution in [1.29, 1.82) is 0 Å². The van der Waals surface area contributed by atoms with Gasteiger partial charge >= 0.3 is 5.97 Å². The van der Waals surface area contributed by atoms with Gasteiger partial charge in [-0.05, 0) is 26.2 Å². The first kappa shape index (κ1) is 14.4. The Labute approximate surface area is 103 Å². The topological polar surface area (TPSA) is 72.5 Å². The van der Waals surface area contributed by atoms with Crippen molar-refractivity contribution in [3.05, 3.63) is 0 Å². The van der Waals surface area contributed by atoms with Crippen LogP contribution in [0.15, 0.2) is 0 Å². The van der Waals surface area contributed by atoms with Crippen molar-refractivity contribution in [1.82, 2.24) is 4.72 Å². The molecule has 1 fully saturated rings. The molecule has 0 bridgehead atoms. The molecule has 1 aliphatic carbocycles. The number of hydrogen-bond donors (Lipinski definition) is 1. The first-order valence-electron chi connectivity index (χ1n) is 5.99. The maximum atomic E-state index is 11.9. The number of hydrogen-bond acceptors (Lipinski definition) is 4. The van der Waals surface area contributed by atoms with Crippen molar-refractivity contribution < 1.29 is 17.9 Å². The summed E-state index contributed by atoms with van der Waals surface area (Å²) in [5, 5.41) is -0.439. The molecule has 100 valence electrons. The van der Waals surface area contributed by atoms with Gasteiger partial charge in [0.25, 0.3) is 0 Å². The lowest BCUT2D eigenvalue weighted by molar-refractivity contribution is -0.148. The molecule has 0 heterocycles. The van der Waals surface area contributed by atoms with Gasteiger partial charge in [-0.1, -0.05) is 13.3 Å². The molecule has 1 atom stereocenters. The highest BCUT2D eigenvalue weighted by molar-refractivity contribution is 7.90. The monoisotopic (exact) mass is 263 g/mol. The van der Waals surface area contributed by atoms with Crippen LogP contribution in [0.4, 0.5) is 0 Å². The van der Waals surface area contributed by atoms with Crippen molar-refractivity contribution in [2.24, 2.45) is 5.92 Å². The van der Waals surface area contributed by atoms with E-state index in [1.807, 2.05) is 13.8 Å². The fourth-order valence-corrected chi connectivity index (χ4v) is 3.89. The minimum absolute atomic E-state index is 0.0397. The maximum Gasteiger partial charge on any atom is 0.308 e. The van der Waals surface area contributed by atoms with Gasteiger partial charge in [0.15, 0.2) is 0 Å². The van der Waals surface area contributed by atoms with E-state index >= 15 is 0 Å². The molecule has 5 nitrogen and oxygen atoms in total. The lowest BCUT2D eigenvalue weighted by Crippen LogP contribution is -2.47. The van der Waals surface area contributed by atoms with E-state index in [1.54, 1.807) is 0 Å². The first-order valence-corrected chi connectivity index (χ1v) is 7.54. The molecule has 1 aliphatic rings. The van der Waals surface area contributed by atoms with Crippen molar-refractivity contribution in [2.75, 3.05) is 7.11 Å². The molecule has 1 rings (SSSR count). The Morgan fingerprint density at radius 2 is 2.06 bits per heavy atom. The van der Waals surface area contributed by atoms with Crippen LogP contribution in [0.25, 0.3) is 0 Å². The molecule has 0 radical (unpaired) electrons. The van der Waals surface area contributed by atoms with Crippen LogP contribution in [0.5, 0.6) is 0 Å². The van der Waals surface area contributed by atoms with E-state index in [9.17, 15) is 13.2 Å². The summed E-state index contributed by atoms with van der Waals surface area (Å²) in [4.78, 5) is 11.2. The molecule has 0 spiro atoms. The first-order chi connectivity index (χ1) is 7.90. The predicted octanol–water partition coefficient (Wildman–Crippen LogP) is 1.05. The van der Waals surface area contributed by atoms with E-state index in [1.165, 1.54) is 7.11 Å². The highest BCUT2D eigenvalue weighted by Crippen LogP contribution is 2.33. The summed E-state index contributed by atoms with van der Waals surface area (Å²) < 4.78 is 31.0. The Hall–Kier alpha value is -0.620. The maximum absolute atomic E-state index is 11.9. The van der Waals surface area contributed by atoms with Crippen molar-refractivity contribution in [2.45, 2.75) is 50.8 Å². The summed E-state index contributed by atoms with van der Waals surface area (Å²) in [6.45, 7) is 3.87. The van der Waals surface area contributed by atoms with Crippen LogP contribution in [0.2, 0.25) is 0 Å². The largest absolute Gasteiger partial charge is 0.469 e. The van der Waals surface area contributed by atoms with E-state index in [4.69, 9.17) is 0 Å². The third kappa shape index (κ3) is 3.67. The van der Waals surface area contributed by atoms with E-state index < -0.39 is 15.3 Å². The summed E-state index contributed by atoms with van der Waals surface area (Å²) in [5.74, 6) is -0.555. The van der Waals surface area contributed by atoms with Crippen molar-refractivity contribution >= 4 is 16.0 Å². The summed E-state index contributed by atoms with van der Waals surface area (Å²) in [6.07, 6.45) is 2.52. The van der Waals surface area contributed by atoms with Gasteiger partial charge in [-0.15, -0.1) is 0 Å². The Kier molecular flexibility index (Phi) is 4.94. The summed E-state index contributed by atoms with van der Waals surface area (Å²) in [5.41, 5.74) is 0. The number of ether oxygens (including phenoxy) is 1. The van der Waals surface area contributed by atoms with Gasteiger partial charge < -0.3 is 4.74 Å². The van der Waals surface area contributed by atoms with Crippen LogP contribution in [0.3, 0.4) is 0 Å². The number of sulfonamides is 1. The highest BCUT2D eigenvalue weighted by Gasteiger charge is 2.43. The molecule has 0 aliphatic heterocycles. The second-order valence-electron chi connectivity index (χ2n) is 4.67. The highest BCUT2D eigenvalue weighted by atomic mass is 32.2. The predicted molar refractivity (Wildman–Crippen MR) is 65.0 cm³/mol. The quantitative estimate of drug-likeness (QED) is 0.727. The fourth-order valence-electron chi connectivity index (χ4n) is 2.05. The van der Waals surface area contributed by atoms with Gasteiger partial charge in [0.05, 0.1) is 18.3 Å². The van der Waals surface area contributed by atoms with Crippen molar-refractivity contribution in [3.63, 3.8) is 0 Å². The van der Waals surface area contributed by atoms with E-state index in [0.29, 0.717) is 12.8 Å². The normalized spacial score (nSPS) is 26.1. The molecule has 1 saturated carbocycles. The summed E-state index contributed by atoms with van der Waals surface area (Å²) in [7, 11) is -1.95. The molecule has 0 aromatic rings. The Bertz CT molecular complexity index is 360. The molecule has 0 amide bonds. The van der Waals surface area contributed by atoms with Gasteiger partial charge in [-0.2, -0.15) is 0 Å². The van der Waals surface area contributed by atoms with Crippen LogP contribution < -0.4 is 4.72 Å². The second kappa shape index (κ2) is 5.82. The molecule has 1 unspecified atom stereocenters. The lowest BCUT2D eigenvalue weighted by atomic mass is 9.85. The van der Waals surface area contributed by atoms with Crippen molar-refractivity contribution in [3.8, 4) is 0 Å².